The highest BCUT2D eigenvalue weighted by Gasteiger charge is 2.07. The van der Waals surface area contributed by atoms with Crippen LogP contribution in [0.3, 0.4) is 0 Å². The minimum Gasteiger partial charge on any atom is -0.330 e. The van der Waals surface area contributed by atoms with Gasteiger partial charge in [0.1, 0.15) is 5.82 Å². The summed E-state index contributed by atoms with van der Waals surface area (Å²) >= 11 is 4.70. The van der Waals surface area contributed by atoms with E-state index < -0.39 is 0 Å². The normalized spacial score (nSPS) is 10.8. The van der Waals surface area contributed by atoms with Gasteiger partial charge in [-0.25, -0.2) is 4.39 Å². The largest absolute Gasteiger partial charge is 0.330 e. The molecule has 130 valence electrons. The third kappa shape index (κ3) is 5.20. The third-order valence-corrected chi connectivity index (χ3v) is 6.85. The maximum absolute atomic E-state index is 13.5. The van der Waals surface area contributed by atoms with Crippen LogP contribution in [0.1, 0.15) is 11.1 Å². The molecular weight excluding hydrogens is 373 g/mol. The molecule has 7 heteroatoms. The first-order chi connectivity index (χ1) is 12.1. The summed E-state index contributed by atoms with van der Waals surface area (Å²) < 4.78 is 14.5. The maximum Gasteiger partial charge on any atom is 0.210 e. The summed E-state index contributed by atoms with van der Waals surface area (Å²) in [5.74, 6) is 1.52. The lowest BCUT2D eigenvalue weighted by molar-refractivity contribution is 0.602. The van der Waals surface area contributed by atoms with Gasteiger partial charge in [-0.2, -0.15) is 0 Å². The quantitative estimate of drug-likeness (QED) is 0.399. The summed E-state index contributed by atoms with van der Waals surface area (Å²) in [6, 6.07) is 13.1. The van der Waals surface area contributed by atoms with E-state index in [0.29, 0.717) is 4.90 Å². The fourth-order valence-corrected chi connectivity index (χ4v) is 4.86. The summed E-state index contributed by atoms with van der Waals surface area (Å²) in [5.41, 5.74) is 3.53. The van der Waals surface area contributed by atoms with Crippen molar-refractivity contribution in [2.45, 2.75) is 23.1 Å². The molecule has 0 atom stereocenters. The molecule has 0 saturated heterocycles. The summed E-state index contributed by atoms with van der Waals surface area (Å²) in [7, 11) is 0. The van der Waals surface area contributed by atoms with Crippen molar-refractivity contribution < 1.29 is 4.39 Å². The molecule has 1 heterocycles. The molecule has 1 aromatic heterocycles. The molecule has 0 radical (unpaired) electrons. The van der Waals surface area contributed by atoms with Crippen LogP contribution in [0, 0.1) is 19.7 Å². The van der Waals surface area contributed by atoms with Gasteiger partial charge in [-0.1, -0.05) is 41.3 Å². The first-order valence-electron chi connectivity index (χ1n) is 7.80. The van der Waals surface area contributed by atoms with Gasteiger partial charge in [0.15, 0.2) is 4.34 Å². The summed E-state index contributed by atoms with van der Waals surface area (Å²) in [6.45, 7) is 4.19. The Morgan fingerprint density at radius 1 is 1.00 bits per heavy atom. The summed E-state index contributed by atoms with van der Waals surface area (Å²) in [5, 5.41) is 12.5. The maximum atomic E-state index is 13.5. The summed E-state index contributed by atoms with van der Waals surface area (Å²) in [6.07, 6.45) is 0. The average Bonchev–Trinajstić information content (AvgIpc) is 3.04. The van der Waals surface area contributed by atoms with E-state index >= 15 is 0 Å². The molecular formula is C18H18FN3S3. The fraction of sp³-hybridized carbons (Fsp3) is 0.222. The molecule has 0 spiro atoms. The molecule has 25 heavy (non-hydrogen) atoms. The molecule has 0 aliphatic carbocycles. The molecule has 0 amide bonds. The van der Waals surface area contributed by atoms with Crippen molar-refractivity contribution in [1.29, 1.82) is 0 Å². The number of aromatic nitrogens is 2. The number of hydrogen-bond donors (Lipinski definition) is 1. The Bertz CT molecular complexity index is 851. The van der Waals surface area contributed by atoms with Gasteiger partial charge in [0.05, 0.1) is 0 Å². The Balaban J connectivity index is 1.48. The van der Waals surface area contributed by atoms with Crippen LogP contribution >= 0.6 is 34.9 Å². The minimum absolute atomic E-state index is 0.159. The molecule has 2 aromatic carbocycles. The lowest BCUT2D eigenvalue weighted by Crippen LogP contribution is -1.91. The Kier molecular flexibility index (Phi) is 6.34. The van der Waals surface area contributed by atoms with Gasteiger partial charge < -0.3 is 5.32 Å². The van der Waals surface area contributed by atoms with E-state index in [1.807, 2.05) is 12.1 Å². The Hall–Kier alpha value is -1.57. The Morgan fingerprint density at radius 3 is 2.60 bits per heavy atom. The number of anilines is 2. The predicted molar refractivity (Wildman–Crippen MR) is 107 cm³/mol. The van der Waals surface area contributed by atoms with E-state index in [1.54, 1.807) is 23.9 Å². The number of hydrogen-bond acceptors (Lipinski definition) is 6. The number of thioether (sulfide) groups is 2. The number of nitrogens with zero attached hydrogens (tertiary/aromatic N) is 2. The highest BCUT2D eigenvalue weighted by Crippen LogP contribution is 2.30. The molecule has 0 bridgehead atoms. The van der Waals surface area contributed by atoms with Crippen molar-refractivity contribution in [3.8, 4) is 0 Å². The van der Waals surface area contributed by atoms with Gasteiger partial charge >= 0.3 is 0 Å². The molecule has 0 aliphatic rings. The van der Waals surface area contributed by atoms with Crippen molar-refractivity contribution in [2.24, 2.45) is 0 Å². The zero-order chi connectivity index (χ0) is 17.6. The van der Waals surface area contributed by atoms with Crippen molar-refractivity contribution in [2.75, 3.05) is 16.8 Å². The van der Waals surface area contributed by atoms with E-state index in [-0.39, 0.29) is 5.82 Å². The van der Waals surface area contributed by atoms with Crippen molar-refractivity contribution in [3.05, 3.63) is 59.4 Å². The molecule has 1 N–H and O–H groups in total. The third-order valence-electron chi connectivity index (χ3n) is 3.57. The predicted octanol–water partition coefficient (Wildman–Crippen LogP) is 5.92. The average molecular weight is 392 g/mol. The van der Waals surface area contributed by atoms with Gasteiger partial charge in [-0.05, 0) is 49.2 Å². The van der Waals surface area contributed by atoms with Crippen LogP contribution in [-0.2, 0) is 0 Å². The lowest BCUT2D eigenvalue weighted by Gasteiger charge is -2.05. The van der Waals surface area contributed by atoms with Crippen LogP contribution in [0.2, 0.25) is 0 Å². The van der Waals surface area contributed by atoms with E-state index in [1.165, 1.54) is 40.3 Å². The van der Waals surface area contributed by atoms with Gasteiger partial charge in [0.2, 0.25) is 5.13 Å². The molecule has 0 saturated carbocycles. The standard InChI is InChI=1S/C18H18FN3S3/c1-12-7-8-14(11-13(12)2)20-17-21-22-18(25-17)24-10-9-23-16-6-4-3-5-15(16)19/h3-8,11H,9-10H2,1-2H3,(H,20,21). The zero-order valence-electron chi connectivity index (χ0n) is 14.0. The van der Waals surface area contributed by atoms with Crippen LogP contribution in [0.4, 0.5) is 15.2 Å². The lowest BCUT2D eigenvalue weighted by atomic mass is 10.1. The first kappa shape index (κ1) is 18.2. The topological polar surface area (TPSA) is 37.8 Å². The zero-order valence-corrected chi connectivity index (χ0v) is 16.4. The Morgan fingerprint density at radius 2 is 1.80 bits per heavy atom. The monoisotopic (exact) mass is 391 g/mol. The van der Waals surface area contributed by atoms with Crippen LogP contribution in [-0.4, -0.2) is 21.7 Å². The van der Waals surface area contributed by atoms with Crippen LogP contribution in [0.25, 0.3) is 0 Å². The number of rotatable bonds is 7. The van der Waals surface area contributed by atoms with Gasteiger partial charge in [0.25, 0.3) is 0 Å². The number of aryl methyl sites for hydroxylation is 2. The molecule has 3 rings (SSSR count). The van der Waals surface area contributed by atoms with Gasteiger partial charge in [-0.15, -0.1) is 22.0 Å². The van der Waals surface area contributed by atoms with E-state index in [4.69, 9.17) is 0 Å². The SMILES string of the molecule is Cc1ccc(Nc2nnc(SCCSc3ccccc3F)s2)cc1C. The summed E-state index contributed by atoms with van der Waals surface area (Å²) in [4.78, 5) is 0.692. The van der Waals surface area contributed by atoms with Crippen molar-refractivity contribution in [1.82, 2.24) is 10.2 Å². The van der Waals surface area contributed by atoms with E-state index in [9.17, 15) is 4.39 Å². The van der Waals surface area contributed by atoms with Crippen molar-refractivity contribution >= 4 is 45.7 Å². The minimum atomic E-state index is -0.159. The Labute approximate surface area is 159 Å². The number of benzene rings is 2. The van der Waals surface area contributed by atoms with E-state index in [2.05, 4.69) is 41.5 Å². The second-order valence-electron chi connectivity index (χ2n) is 5.42. The molecule has 3 nitrogen and oxygen atoms in total. The smallest absolute Gasteiger partial charge is 0.210 e. The molecule has 0 fully saturated rings. The van der Waals surface area contributed by atoms with Gasteiger partial charge in [-0.3, -0.25) is 0 Å². The first-order valence-corrected chi connectivity index (χ1v) is 10.6. The van der Waals surface area contributed by atoms with E-state index in [0.717, 1.165) is 26.7 Å². The highest BCUT2D eigenvalue weighted by molar-refractivity contribution is 8.03. The molecule has 0 aliphatic heterocycles. The van der Waals surface area contributed by atoms with Crippen molar-refractivity contribution in [3.63, 3.8) is 0 Å². The number of nitrogens with one attached hydrogen (secondary N) is 1. The van der Waals surface area contributed by atoms with Crippen LogP contribution < -0.4 is 5.32 Å². The fourth-order valence-electron chi connectivity index (χ4n) is 2.10. The van der Waals surface area contributed by atoms with Crippen LogP contribution in [0.5, 0.6) is 0 Å². The molecule has 0 unspecified atom stereocenters. The van der Waals surface area contributed by atoms with Gasteiger partial charge in [0, 0.05) is 22.1 Å². The number of halogens is 1. The second kappa shape index (κ2) is 8.69. The second-order valence-corrected chi connectivity index (χ2v) is 8.88. The van der Waals surface area contributed by atoms with Crippen LogP contribution in [0.15, 0.2) is 51.7 Å². The highest BCUT2D eigenvalue weighted by atomic mass is 32.2. The molecule has 3 aromatic rings.